The first-order valence-electron chi connectivity index (χ1n) is 3.80. The minimum atomic E-state index is -1.57. The van der Waals surface area contributed by atoms with Gasteiger partial charge in [-0.05, 0) is 18.2 Å². The molecule has 1 atom stereocenters. The summed E-state index contributed by atoms with van der Waals surface area (Å²) in [7, 11) is 1.42. The molecular formula is C9H9BrO4. The maximum Gasteiger partial charge on any atom is 0.337 e. The molecule has 0 saturated heterocycles. The average molecular weight is 261 g/mol. The van der Waals surface area contributed by atoms with Gasteiger partial charge in [0.25, 0.3) is 0 Å². The van der Waals surface area contributed by atoms with Gasteiger partial charge in [0.05, 0.1) is 7.11 Å². The predicted octanol–water partition coefficient (Wildman–Crippen LogP) is 1.58. The smallest absolute Gasteiger partial charge is 0.337 e. The number of carbonyl (C=O) groups is 1. The van der Waals surface area contributed by atoms with E-state index in [-0.39, 0.29) is 5.56 Å². The second-order valence-electron chi connectivity index (χ2n) is 2.63. The van der Waals surface area contributed by atoms with E-state index in [1.807, 2.05) is 0 Å². The lowest BCUT2D eigenvalue weighted by Crippen LogP contribution is -2.11. The molecule has 0 heterocycles. The molecule has 1 aromatic carbocycles. The molecule has 0 amide bonds. The topological polar surface area (TPSA) is 66.8 Å². The molecule has 0 bridgehead atoms. The van der Waals surface area contributed by atoms with Gasteiger partial charge >= 0.3 is 5.97 Å². The first-order valence-corrected chi connectivity index (χ1v) is 4.60. The van der Waals surface area contributed by atoms with Gasteiger partial charge in [0.15, 0.2) is 6.10 Å². The third-order valence-corrected chi connectivity index (χ3v) is 2.21. The van der Waals surface area contributed by atoms with Crippen molar-refractivity contribution in [1.29, 1.82) is 0 Å². The van der Waals surface area contributed by atoms with Crippen molar-refractivity contribution in [3.8, 4) is 5.75 Å². The Morgan fingerprint density at radius 1 is 1.57 bits per heavy atom. The number of hydrogen-bond acceptors (Lipinski definition) is 3. The fourth-order valence-corrected chi connectivity index (χ4v) is 1.43. The summed E-state index contributed by atoms with van der Waals surface area (Å²) < 4.78 is 5.62. The van der Waals surface area contributed by atoms with Gasteiger partial charge < -0.3 is 14.9 Å². The summed E-state index contributed by atoms with van der Waals surface area (Å²) in [5.41, 5.74) is 0.231. The first kappa shape index (κ1) is 11.0. The van der Waals surface area contributed by atoms with Crippen LogP contribution in [0.4, 0.5) is 0 Å². The number of aliphatic hydroxyl groups is 1. The molecule has 5 heteroatoms. The van der Waals surface area contributed by atoms with E-state index in [0.29, 0.717) is 10.2 Å². The van der Waals surface area contributed by atoms with Crippen LogP contribution in [0.5, 0.6) is 5.75 Å². The third-order valence-electron chi connectivity index (χ3n) is 1.72. The van der Waals surface area contributed by atoms with Crippen LogP contribution in [0.25, 0.3) is 0 Å². The molecule has 0 aliphatic heterocycles. The van der Waals surface area contributed by atoms with Crippen molar-refractivity contribution in [2.75, 3.05) is 7.11 Å². The van der Waals surface area contributed by atoms with Crippen LogP contribution >= 0.6 is 15.9 Å². The van der Waals surface area contributed by atoms with Crippen LogP contribution in [-0.4, -0.2) is 23.3 Å². The SMILES string of the molecule is COc1ccc(Br)cc1C(O)C(=O)O. The molecule has 0 aromatic heterocycles. The summed E-state index contributed by atoms with van der Waals surface area (Å²) in [6.07, 6.45) is -1.57. The zero-order valence-electron chi connectivity index (χ0n) is 7.40. The van der Waals surface area contributed by atoms with Crippen molar-refractivity contribution in [2.24, 2.45) is 0 Å². The zero-order valence-corrected chi connectivity index (χ0v) is 8.98. The number of aliphatic carboxylic acids is 1. The van der Waals surface area contributed by atoms with E-state index in [4.69, 9.17) is 9.84 Å². The fourth-order valence-electron chi connectivity index (χ4n) is 1.05. The van der Waals surface area contributed by atoms with Crippen LogP contribution in [0.2, 0.25) is 0 Å². The number of rotatable bonds is 3. The van der Waals surface area contributed by atoms with Gasteiger partial charge in [-0.1, -0.05) is 15.9 Å². The van der Waals surface area contributed by atoms with E-state index >= 15 is 0 Å². The summed E-state index contributed by atoms with van der Waals surface area (Å²) in [6, 6.07) is 4.81. The highest BCUT2D eigenvalue weighted by molar-refractivity contribution is 9.10. The second kappa shape index (κ2) is 4.43. The normalized spacial score (nSPS) is 12.2. The molecule has 0 aliphatic rings. The van der Waals surface area contributed by atoms with Gasteiger partial charge in [0, 0.05) is 10.0 Å². The molecule has 0 spiro atoms. The van der Waals surface area contributed by atoms with Crippen molar-refractivity contribution in [2.45, 2.75) is 6.10 Å². The van der Waals surface area contributed by atoms with Gasteiger partial charge in [0.2, 0.25) is 0 Å². The van der Waals surface area contributed by atoms with Gasteiger partial charge in [-0.3, -0.25) is 0 Å². The van der Waals surface area contributed by atoms with Crippen molar-refractivity contribution >= 4 is 21.9 Å². The molecule has 4 nitrogen and oxygen atoms in total. The van der Waals surface area contributed by atoms with Crippen LogP contribution in [0.15, 0.2) is 22.7 Å². The summed E-state index contributed by atoms with van der Waals surface area (Å²) in [5, 5.41) is 18.0. The number of aliphatic hydroxyl groups excluding tert-OH is 1. The zero-order chi connectivity index (χ0) is 10.7. The monoisotopic (exact) mass is 260 g/mol. The molecule has 0 aliphatic carbocycles. The largest absolute Gasteiger partial charge is 0.496 e. The fraction of sp³-hybridized carbons (Fsp3) is 0.222. The van der Waals surface area contributed by atoms with E-state index in [2.05, 4.69) is 15.9 Å². The van der Waals surface area contributed by atoms with Gasteiger partial charge in [-0.2, -0.15) is 0 Å². The number of halogens is 1. The quantitative estimate of drug-likeness (QED) is 0.866. The Kier molecular flexibility index (Phi) is 3.49. The highest BCUT2D eigenvalue weighted by Gasteiger charge is 2.20. The minimum absolute atomic E-state index is 0.231. The molecule has 0 radical (unpaired) electrons. The van der Waals surface area contributed by atoms with Crippen LogP contribution in [-0.2, 0) is 4.79 Å². The Balaban J connectivity index is 3.16. The standard InChI is InChI=1S/C9H9BrO4/c1-14-7-3-2-5(10)4-6(7)8(11)9(12)13/h2-4,8,11H,1H3,(H,12,13). The Labute approximate surface area is 89.3 Å². The maximum atomic E-state index is 10.6. The van der Waals surface area contributed by atoms with E-state index in [1.54, 1.807) is 12.1 Å². The van der Waals surface area contributed by atoms with E-state index < -0.39 is 12.1 Å². The highest BCUT2D eigenvalue weighted by Crippen LogP contribution is 2.28. The predicted molar refractivity (Wildman–Crippen MR) is 53.3 cm³/mol. The van der Waals surface area contributed by atoms with Crippen molar-refractivity contribution in [1.82, 2.24) is 0 Å². The molecule has 14 heavy (non-hydrogen) atoms. The molecule has 76 valence electrons. The van der Waals surface area contributed by atoms with Crippen LogP contribution in [0.3, 0.4) is 0 Å². The average Bonchev–Trinajstić information content (AvgIpc) is 2.16. The molecule has 2 N–H and O–H groups in total. The number of carboxylic acid groups (broad SMARTS) is 1. The van der Waals surface area contributed by atoms with Crippen molar-refractivity contribution < 1.29 is 19.7 Å². The lowest BCUT2D eigenvalue weighted by Gasteiger charge is -2.11. The first-order chi connectivity index (χ1) is 6.56. The number of carboxylic acids is 1. The highest BCUT2D eigenvalue weighted by atomic mass is 79.9. The summed E-state index contributed by atoms with van der Waals surface area (Å²) in [6.45, 7) is 0. The number of methoxy groups -OCH3 is 1. The lowest BCUT2D eigenvalue weighted by molar-refractivity contribution is -0.147. The van der Waals surface area contributed by atoms with E-state index in [0.717, 1.165) is 0 Å². The second-order valence-corrected chi connectivity index (χ2v) is 3.54. The van der Waals surface area contributed by atoms with Gasteiger partial charge in [-0.15, -0.1) is 0 Å². The van der Waals surface area contributed by atoms with E-state index in [1.165, 1.54) is 13.2 Å². The Morgan fingerprint density at radius 2 is 2.21 bits per heavy atom. The number of hydrogen-bond donors (Lipinski definition) is 2. The van der Waals surface area contributed by atoms with E-state index in [9.17, 15) is 9.90 Å². The Morgan fingerprint density at radius 3 is 2.71 bits per heavy atom. The molecule has 1 rings (SSSR count). The van der Waals surface area contributed by atoms with Gasteiger partial charge in [0.1, 0.15) is 5.75 Å². The third kappa shape index (κ3) is 2.24. The Bertz CT molecular complexity index is 351. The molecule has 1 aromatic rings. The summed E-state index contributed by atoms with van der Waals surface area (Å²) >= 11 is 3.18. The van der Waals surface area contributed by atoms with Gasteiger partial charge in [-0.25, -0.2) is 4.79 Å². The minimum Gasteiger partial charge on any atom is -0.496 e. The molecule has 0 saturated carbocycles. The summed E-state index contributed by atoms with van der Waals surface area (Å²) in [5.74, 6) is -0.954. The molecular weight excluding hydrogens is 252 g/mol. The van der Waals surface area contributed by atoms with Crippen molar-refractivity contribution in [3.05, 3.63) is 28.2 Å². The van der Waals surface area contributed by atoms with Crippen LogP contribution in [0, 0.1) is 0 Å². The van der Waals surface area contributed by atoms with Crippen LogP contribution < -0.4 is 4.74 Å². The van der Waals surface area contributed by atoms with Crippen LogP contribution in [0.1, 0.15) is 11.7 Å². The Hall–Kier alpha value is -1.07. The molecule has 1 unspecified atom stereocenters. The lowest BCUT2D eigenvalue weighted by atomic mass is 10.1. The molecule has 0 fully saturated rings. The van der Waals surface area contributed by atoms with Crippen molar-refractivity contribution in [3.63, 3.8) is 0 Å². The summed E-state index contributed by atoms with van der Waals surface area (Å²) in [4.78, 5) is 10.6. The number of benzene rings is 1. The maximum absolute atomic E-state index is 10.6. The number of ether oxygens (including phenoxy) is 1.